The van der Waals surface area contributed by atoms with Crippen LogP contribution in [0.5, 0.6) is 0 Å². The fraction of sp³-hybridized carbons (Fsp3) is 0.400. The fourth-order valence-corrected chi connectivity index (χ4v) is 2.63. The van der Waals surface area contributed by atoms with E-state index in [1.807, 2.05) is 6.92 Å². The summed E-state index contributed by atoms with van der Waals surface area (Å²) in [6.07, 6.45) is 0.969. The maximum Gasteiger partial charge on any atom is 0.224 e. The van der Waals surface area contributed by atoms with Gasteiger partial charge in [-0.15, -0.1) is 17.7 Å². The van der Waals surface area contributed by atoms with Gasteiger partial charge in [-0.3, -0.25) is 0 Å². The summed E-state index contributed by atoms with van der Waals surface area (Å²) in [5, 5.41) is 3.47. The first-order valence-electron chi connectivity index (χ1n) is 4.64. The largest absolute Gasteiger partial charge is 0.358 e. The molecular formula is C10H10ClN3S. The number of halogens is 1. The van der Waals surface area contributed by atoms with Crippen LogP contribution in [-0.4, -0.2) is 22.3 Å². The number of hydrogen-bond acceptors (Lipinski definition) is 4. The zero-order valence-corrected chi connectivity index (χ0v) is 9.87. The molecule has 0 unspecified atom stereocenters. The highest BCUT2D eigenvalue weighted by molar-refractivity contribution is 7.99. The van der Waals surface area contributed by atoms with Crippen molar-refractivity contribution >= 4 is 29.2 Å². The Balaban J connectivity index is 2.25. The zero-order valence-electron chi connectivity index (χ0n) is 8.30. The van der Waals surface area contributed by atoms with E-state index in [4.69, 9.17) is 11.6 Å². The second kappa shape index (κ2) is 4.73. The Morgan fingerprint density at radius 1 is 1.53 bits per heavy atom. The molecule has 1 aliphatic heterocycles. The molecule has 0 aromatic carbocycles. The Kier molecular flexibility index (Phi) is 3.34. The molecule has 0 radical (unpaired) electrons. The topological polar surface area (TPSA) is 37.8 Å². The van der Waals surface area contributed by atoms with Crippen molar-refractivity contribution in [3.63, 3.8) is 0 Å². The molecule has 0 saturated heterocycles. The Morgan fingerprint density at radius 3 is 3.20 bits per heavy atom. The van der Waals surface area contributed by atoms with E-state index < -0.39 is 0 Å². The highest BCUT2D eigenvalue weighted by Gasteiger charge is 2.19. The molecule has 5 heteroatoms. The first-order chi connectivity index (χ1) is 7.31. The first kappa shape index (κ1) is 10.6. The summed E-state index contributed by atoms with van der Waals surface area (Å²) in [6.45, 7) is 2.41. The van der Waals surface area contributed by atoms with Gasteiger partial charge in [-0.25, -0.2) is 4.98 Å². The molecule has 0 aliphatic carbocycles. The number of rotatable bonds is 2. The number of nitrogens with one attached hydrogen (secondary N) is 1. The van der Waals surface area contributed by atoms with Gasteiger partial charge >= 0.3 is 0 Å². The van der Waals surface area contributed by atoms with E-state index in [0.717, 1.165) is 28.6 Å². The van der Waals surface area contributed by atoms with Gasteiger partial charge < -0.3 is 5.32 Å². The summed E-state index contributed by atoms with van der Waals surface area (Å²) in [5.41, 5.74) is 1.05. The van der Waals surface area contributed by atoms with Gasteiger partial charge in [-0.05, 0) is 18.5 Å². The maximum absolute atomic E-state index is 5.83. The van der Waals surface area contributed by atoms with Gasteiger partial charge in [0, 0.05) is 12.2 Å². The number of thioether (sulfide) groups is 1. The number of anilines is 1. The molecule has 2 rings (SSSR count). The predicted molar refractivity (Wildman–Crippen MR) is 63.4 cm³/mol. The van der Waals surface area contributed by atoms with Crippen LogP contribution in [0.4, 0.5) is 5.82 Å². The molecule has 0 amide bonds. The average molecular weight is 240 g/mol. The van der Waals surface area contributed by atoms with E-state index in [0.29, 0.717) is 11.8 Å². The number of fused-ring (bicyclic) bond motifs is 1. The Hall–Kier alpha value is -0.920. The van der Waals surface area contributed by atoms with Gasteiger partial charge in [0.05, 0.1) is 17.1 Å². The molecule has 0 atom stereocenters. The van der Waals surface area contributed by atoms with Gasteiger partial charge in [0.25, 0.3) is 0 Å². The van der Waals surface area contributed by atoms with Crippen molar-refractivity contribution in [2.45, 2.75) is 18.2 Å². The van der Waals surface area contributed by atoms with Gasteiger partial charge in [-0.2, -0.15) is 4.98 Å². The normalized spacial score (nSPS) is 12.9. The van der Waals surface area contributed by atoms with Crippen molar-refractivity contribution in [1.82, 2.24) is 9.97 Å². The van der Waals surface area contributed by atoms with E-state index in [9.17, 15) is 0 Å². The monoisotopic (exact) mass is 239 g/mol. The van der Waals surface area contributed by atoms with Gasteiger partial charge in [0.1, 0.15) is 5.82 Å². The summed E-state index contributed by atoms with van der Waals surface area (Å²) in [6, 6.07) is 0. The van der Waals surface area contributed by atoms with Crippen LogP contribution >= 0.6 is 23.4 Å². The third-order valence-corrected chi connectivity index (χ3v) is 3.31. The van der Waals surface area contributed by atoms with Crippen molar-refractivity contribution in [3.05, 3.63) is 11.0 Å². The SMILES string of the molecule is CC#CCNc1nc(Cl)nc2c1SCC2. The van der Waals surface area contributed by atoms with Crippen molar-refractivity contribution < 1.29 is 0 Å². The molecule has 3 nitrogen and oxygen atoms in total. The number of hydrogen-bond donors (Lipinski definition) is 1. The molecule has 1 N–H and O–H groups in total. The van der Waals surface area contributed by atoms with Crippen molar-refractivity contribution in [3.8, 4) is 11.8 Å². The Bertz CT molecular complexity index is 436. The quantitative estimate of drug-likeness (QED) is 0.634. The zero-order chi connectivity index (χ0) is 10.7. The molecular weight excluding hydrogens is 230 g/mol. The highest BCUT2D eigenvalue weighted by atomic mass is 35.5. The lowest BCUT2D eigenvalue weighted by Crippen LogP contribution is -2.04. The van der Waals surface area contributed by atoms with Crippen LogP contribution in [0.2, 0.25) is 5.28 Å². The highest BCUT2D eigenvalue weighted by Crippen LogP contribution is 2.35. The second-order valence-corrected chi connectivity index (χ2v) is 4.44. The smallest absolute Gasteiger partial charge is 0.224 e. The van der Waals surface area contributed by atoms with Crippen LogP contribution < -0.4 is 5.32 Å². The fourth-order valence-electron chi connectivity index (χ4n) is 1.37. The number of aromatic nitrogens is 2. The molecule has 15 heavy (non-hydrogen) atoms. The van der Waals surface area contributed by atoms with Crippen LogP contribution in [0, 0.1) is 11.8 Å². The second-order valence-electron chi connectivity index (χ2n) is 3.00. The van der Waals surface area contributed by atoms with Crippen molar-refractivity contribution in [2.75, 3.05) is 17.6 Å². The van der Waals surface area contributed by atoms with Crippen molar-refractivity contribution in [1.29, 1.82) is 0 Å². The number of aryl methyl sites for hydroxylation is 1. The molecule has 2 heterocycles. The summed E-state index contributed by atoms with van der Waals surface area (Å²) < 4.78 is 0. The molecule has 0 fully saturated rings. The van der Waals surface area contributed by atoms with E-state index >= 15 is 0 Å². The minimum atomic E-state index is 0.309. The summed E-state index contributed by atoms with van der Waals surface area (Å²) in [7, 11) is 0. The minimum Gasteiger partial charge on any atom is -0.358 e. The van der Waals surface area contributed by atoms with E-state index in [1.165, 1.54) is 0 Å². The molecule has 1 aromatic rings. The summed E-state index contributed by atoms with van der Waals surface area (Å²) >= 11 is 7.60. The van der Waals surface area contributed by atoms with Crippen molar-refractivity contribution in [2.24, 2.45) is 0 Å². The van der Waals surface area contributed by atoms with Crippen LogP contribution in [0.25, 0.3) is 0 Å². The first-order valence-corrected chi connectivity index (χ1v) is 6.00. The predicted octanol–water partition coefficient (Wildman–Crippen LogP) is 2.21. The third-order valence-electron chi connectivity index (χ3n) is 2.01. The lowest BCUT2D eigenvalue weighted by Gasteiger charge is -2.06. The van der Waals surface area contributed by atoms with Crippen LogP contribution in [0.1, 0.15) is 12.6 Å². The Labute approximate surface area is 98.0 Å². The molecule has 0 spiro atoms. The van der Waals surface area contributed by atoms with Crippen LogP contribution in [0.3, 0.4) is 0 Å². The van der Waals surface area contributed by atoms with Crippen LogP contribution in [-0.2, 0) is 6.42 Å². The summed E-state index contributed by atoms with van der Waals surface area (Å²) in [5.74, 6) is 7.63. The van der Waals surface area contributed by atoms with Gasteiger partial charge in [0.2, 0.25) is 5.28 Å². The van der Waals surface area contributed by atoms with E-state index in [1.54, 1.807) is 11.8 Å². The molecule has 0 bridgehead atoms. The minimum absolute atomic E-state index is 0.309. The average Bonchev–Trinajstić information content (AvgIpc) is 2.65. The lowest BCUT2D eigenvalue weighted by molar-refractivity contribution is 0.974. The third kappa shape index (κ3) is 2.36. The van der Waals surface area contributed by atoms with E-state index in [2.05, 4.69) is 27.1 Å². The molecule has 1 aliphatic rings. The van der Waals surface area contributed by atoms with Crippen LogP contribution in [0.15, 0.2) is 4.90 Å². The molecule has 78 valence electrons. The summed E-state index contributed by atoms with van der Waals surface area (Å²) in [4.78, 5) is 9.49. The lowest BCUT2D eigenvalue weighted by atomic mass is 10.3. The standard InChI is InChI=1S/C10H10ClN3S/c1-2-3-5-12-9-8-7(4-6-15-8)13-10(11)14-9/h4-6H2,1H3,(H,12,13,14). The maximum atomic E-state index is 5.83. The number of nitrogens with zero attached hydrogens (tertiary/aromatic N) is 2. The Morgan fingerprint density at radius 2 is 2.40 bits per heavy atom. The van der Waals surface area contributed by atoms with E-state index in [-0.39, 0.29) is 0 Å². The van der Waals surface area contributed by atoms with Gasteiger partial charge in [0.15, 0.2) is 0 Å². The van der Waals surface area contributed by atoms with Gasteiger partial charge in [-0.1, -0.05) is 5.92 Å². The molecule has 0 saturated carbocycles. The molecule has 1 aromatic heterocycles.